The van der Waals surface area contributed by atoms with E-state index in [9.17, 15) is 4.79 Å². The molecule has 2 aromatic rings. The summed E-state index contributed by atoms with van der Waals surface area (Å²) in [5.41, 5.74) is 1.20. The molecule has 1 aliphatic rings. The van der Waals surface area contributed by atoms with Crippen LogP contribution in [0.2, 0.25) is 0 Å². The highest BCUT2D eigenvalue weighted by atomic mass is 16.5. The molecule has 0 saturated carbocycles. The van der Waals surface area contributed by atoms with Gasteiger partial charge in [0.05, 0.1) is 12.6 Å². The van der Waals surface area contributed by atoms with E-state index in [-0.39, 0.29) is 18.6 Å². The summed E-state index contributed by atoms with van der Waals surface area (Å²) in [5, 5.41) is 0. The van der Waals surface area contributed by atoms with Crippen molar-refractivity contribution in [3.05, 3.63) is 60.2 Å². The maximum atomic E-state index is 12.6. The van der Waals surface area contributed by atoms with Crippen LogP contribution in [0.1, 0.15) is 37.8 Å². The average Bonchev–Trinajstić information content (AvgIpc) is 3.16. The molecule has 4 nitrogen and oxygen atoms in total. The van der Waals surface area contributed by atoms with Gasteiger partial charge in [-0.25, -0.2) is 0 Å². The third-order valence-electron chi connectivity index (χ3n) is 4.42. The van der Waals surface area contributed by atoms with Crippen molar-refractivity contribution >= 4 is 5.91 Å². The maximum absolute atomic E-state index is 12.6. The number of ether oxygens (including phenoxy) is 2. The number of rotatable bonds is 7. The molecule has 1 saturated heterocycles. The molecular weight excluding hydrogens is 314 g/mol. The summed E-state index contributed by atoms with van der Waals surface area (Å²) in [4.78, 5) is 14.5. The molecule has 4 heteroatoms. The number of amides is 1. The van der Waals surface area contributed by atoms with Gasteiger partial charge in [-0.05, 0) is 49.1 Å². The summed E-state index contributed by atoms with van der Waals surface area (Å²) in [6.45, 7) is 3.64. The van der Waals surface area contributed by atoms with Crippen LogP contribution in [0.25, 0.3) is 0 Å². The zero-order chi connectivity index (χ0) is 17.5. The third-order valence-corrected chi connectivity index (χ3v) is 4.42. The summed E-state index contributed by atoms with van der Waals surface area (Å²) in [7, 11) is 0. The molecule has 2 aromatic carbocycles. The van der Waals surface area contributed by atoms with Gasteiger partial charge in [-0.3, -0.25) is 4.79 Å². The highest BCUT2D eigenvalue weighted by Gasteiger charge is 2.29. The van der Waals surface area contributed by atoms with E-state index in [2.05, 4.69) is 19.1 Å². The first-order valence-corrected chi connectivity index (χ1v) is 8.98. The van der Waals surface area contributed by atoms with Gasteiger partial charge in [0.15, 0.2) is 6.61 Å². The Hall–Kier alpha value is -2.49. The van der Waals surface area contributed by atoms with Crippen LogP contribution in [0.15, 0.2) is 54.6 Å². The molecule has 132 valence electrons. The first-order valence-electron chi connectivity index (χ1n) is 8.98. The molecule has 0 radical (unpaired) electrons. The first-order chi connectivity index (χ1) is 12.3. The van der Waals surface area contributed by atoms with Crippen LogP contribution in [0.4, 0.5) is 0 Å². The van der Waals surface area contributed by atoms with Gasteiger partial charge in [-0.2, -0.15) is 0 Å². The lowest BCUT2D eigenvalue weighted by molar-refractivity contribution is -0.134. The van der Waals surface area contributed by atoms with Crippen molar-refractivity contribution in [3.63, 3.8) is 0 Å². The maximum Gasteiger partial charge on any atom is 0.261 e. The Bertz CT molecular complexity index is 669. The second kappa shape index (κ2) is 8.56. The van der Waals surface area contributed by atoms with Crippen LogP contribution < -0.4 is 9.47 Å². The molecular formula is C21H25NO3. The number of nitrogens with zero attached hydrogens (tertiary/aromatic N) is 1. The molecule has 1 amide bonds. The predicted octanol–water partition coefficient (Wildman–Crippen LogP) is 4.22. The van der Waals surface area contributed by atoms with Gasteiger partial charge in [0.2, 0.25) is 0 Å². The first kappa shape index (κ1) is 17.3. The second-order valence-electron chi connectivity index (χ2n) is 6.26. The normalized spacial score (nSPS) is 16.7. The number of hydrogen-bond acceptors (Lipinski definition) is 3. The number of likely N-dealkylation sites (tertiary alicyclic amines) is 1. The molecule has 0 aromatic heterocycles. The van der Waals surface area contributed by atoms with E-state index < -0.39 is 0 Å². The minimum absolute atomic E-state index is 0.0395. The molecule has 3 rings (SSSR count). The van der Waals surface area contributed by atoms with Crippen molar-refractivity contribution in [1.29, 1.82) is 0 Å². The van der Waals surface area contributed by atoms with Crippen molar-refractivity contribution in [2.75, 3.05) is 19.8 Å². The van der Waals surface area contributed by atoms with Crippen molar-refractivity contribution < 1.29 is 14.3 Å². The number of hydrogen-bond donors (Lipinski definition) is 0. The molecule has 0 N–H and O–H groups in total. The summed E-state index contributed by atoms with van der Waals surface area (Å²) in [6.07, 6.45) is 3.03. The molecule has 1 fully saturated rings. The van der Waals surface area contributed by atoms with Crippen LogP contribution in [-0.2, 0) is 4.79 Å². The third kappa shape index (κ3) is 4.53. The molecule has 0 bridgehead atoms. The molecule has 0 aliphatic carbocycles. The van der Waals surface area contributed by atoms with Crippen molar-refractivity contribution in [3.8, 4) is 11.5 Å². The van der Waals surface area contributed by atoms with Gasteiger partial charge in [0.25, 0.3) is 5.91 Å². The Balaban J connectivity index is 1.55. The van der Waals surface area contributed by atoms with Crippen LogP contribution in [0.5, 0.6) is 11.5 Å². The number of carbonyl (C=O) groups excluding carboxylic acids is 1. The largest absolute Gasteiger partial charge is 0.494 e. The van der Waals surface area contributed by atoms with Gasteiger partial charge in [-0.15, -0.1) is 0 Å². The van der Waals surface area contributed by atoms with Crippen LogP contribution in [0.3, 0.4) is 0 Å². The monoisotopic (exact) mass is 339 g/mol. The molecule has 0 spiro atoms. The molecule has 1 unspecified atom stereocenters. The Morgan fingerprint density at radius 1 is 1.04 bits per heavy atom. The van der Waals surface area contributed by atoms with Gasteiger partial charge < -0.3 is 14.4 Å². The van der Waals surface area contributed by atoms with Crippen LogP contribution in [-0.4, -0.2) is 30.6 Å². The van der Waals surface area contributed by atoms with E-state index in [0.29, 0.717) is 12.4 Å². The van der Waals surface area contributed by atoms with Gasteiger partial charge >= 0.3 is 0 Å². The summed E-state index contributed by atoms with van der Waals surface area (Å²) in [6, 6.07) is 17.8. The Kier molecular flexibility index (Phi) is 5.94. The smallest absolute Gasteiger partial charge is 0.261 e. The summed E-state index contributed by atoms with van der Waals surface area (Å²) >= 11 is 0. The lowest BCUT2D eigenvalue weighted by Gasteiger charge is -2.25. The summed E-state index contributed by atoms with van der Waals surface area (Å²) < 4.78 is 11.2. The van der Waals surface area contributed by atoms with Crippen LogP contribution in [0, 0.1) is 0 Å². The fraction of sp³-hybridized carbons (Fsp3) is 0.381. The van der Waals surface area contributed by atoms with E-state index in [1.54, 1.807) is 0 Å². The van der Waals surface area contributed by atoms with Crippen molar-refractivity contribution in [1.82, 2.24) is 4.90 Å². The van der Waals surface area contributed by atoms with Gasteiger partial charge in [0, 0.05) is 6.54 Å². The molecule has 1 atom stereocenters. The van der Waals surface area contributed by atoms with E-state index in [1.165, 1.54) is 5.56 Å². The molecule has 1 aliphatic heterocycles. The highest BCUT2D eigenvalue weighted by molar-refractivity contribution is 5.78. The minimum atomic E-state index is 0.0395. The van der Waals surface area contributed by atoms with E-state index in [0.717, 1.165) is 31.6 Å². The Morgan fingerprint density at radius 2 is 1.72 bits per heavy atom. The van der Waals surface area contributed by atoms with E-state index in [1.807, 2.05) is 47.4 Å². The predicted molar refractivity (Wildman–Crippen MR) is 97.9 cm³/mol. The minimum Gasteiger partial charge on any atom is -0.494 e. The fourth-order valence-corrected chi connectivity index (χ4v) is 3.17. The van der Waals surface area contributed by atoms with Crippen molar-refractivity contribution in [2.24, 2.45) is 0 Å². The second-order valence-corrected chi connectivity index (χ2v) is 6.26. The zero-order valence-electron chi connectivity index (χ0n) is 14.7. The van der Waals surface area contributed by atoms with Crippen LogP contribution >= 0.6 is 0 Å². The zero-order valence-corrected chi connectivity index (χ0v) is 14.7. The van der Waals surface area contributed by atoms with Crippen molar-refractivity contribution in [2.45, 2.75) is 32.2 Å². The standard InChI is InChI=1S/C21H25NO3/c1-2-15-24-18-10-12-19(13-11-18)25-16-21(23)22-14-6-9-20(22)17-7-4-3-5-8-17/h3-5,7-8,10-13,20H,2,6,9,14-16H2,1H3. The number of carbonyl (C=O) groups is 1. The highest BCUT2D eigenvalue weighted by Crippen LogP contribution is 2.31. The van der Waals surface area contributed by atoms with Gasteiger partial charge in [0.1, 0.15) is 11.5 Å². The average molecular weight is 339 g/mol. The topological polar surface area (TPSA) is 38.8 Å². The lowest BCUT2D eigenvalue weighted by atomic mass is 10.0. The SMILES string of the molecule is CCCOc1ccc(OCC(=O)N2CCCC2c2ccccc2)cc1. The number of benzene rings is 2. The lowest BCUT2D eigenvalue weighted by Crippen LogP contribution is -2.34. The Morgan fingerprint density at radius 3 is 2.40 bits per heavy atom. The molecule has 1 heterocycles. The summed E-state index contributed by atoms with van der Waals surface area (Å²) in [5.74, 6) is 1.55. The quantitative estimate of drug-likeness (QED) is 0.758. The fourth-order valence-electron chi connectivity index (χ4n) is 3.17. The van der Waals surface area contributed by atoms with Gasteiger partial charge in [-0.1, -0.05) is 37.3 Å². The molecule has 25 heavy (non-hydrogen) atoms. The van der Waals surface area contributed by atoms with E-state index in [4.69, 9.17) is 9.47 Å². The van der Waals surface area contributed by atoms with E-state index >= 15 is 0 Å². The Labute approximate surface area is 149 Å².